The topological polar surface area (TPSA) is 39.3 Å². The summed E-state index contributed by atoms with van der Waals surface area (Å²) in [7, 11) is 0. The highest BCUT2D eigenvalue weighted by Gasteiger charge is 2.21. The molecule has 44 heavy (non-hydrogen) atoms. The van der Waals surface area contributed by atoms with Crippen molar-refractivity contribution in [2.45, 2.75) is 0 Å². The third-order valence-corrected chi connectivity index (χ3v) is 9.26. The highest BCUT2D eigenvalue weighted by molar-refractivity contribution is 6.26. The second-order valence-electron chi connectivity index (χ2n) is 11.5. The van der Waals surface area contributed by atoms with E-state index in [4.69, 9.17) is 4.98 Å². The van der Waals surface area contributed by atoms with E-state index in [0.29, 0.717) is 5.39 Å². The molecule has 3 heterocycles. The van der Waals surface area contributed by atoms with Crippen molar-refractivity contribution in [1.82, 2.24) is 14.0 Å². The lowest BCUT2D eigenvalue weighted by molar-refractivity contribution is 1.06. The Labute approximate surface area is 250 Å². The summed E-state index contributed by atoms with van der Waals surface area (Å²) in [6, 6.07) is 48.2. The van der Waals surface area contributed by atoms with Gasteiger partial charge in [0, 0.05) is 16.2 Å². The lowest BCUT2D eigenvalue weighted by Crippen LogP contribution is -2.20. The summed E-state index contributed by atoms with van der Waals surface area (Å²) in [5, 5.41) is 10.8. The van der Waals surface area contributed by atoms with E-state index in [2.05, 4.69) is 108 Å². The van der Waals surface area contributed by atoms with Crippen LogP contribution in [-0.2, 0) is 0 Å². The van der Waals surface area contributed by atoms with Crippen LogP contribution in [0.2, 0.25) is 0 Å². The fourth-order valence-corrected chi connectivity index (χ4v) is 7.42. The molecule has 0 saturated carbocycles. The Kier molecular flexibility index (Phi) is 4.56. The van der Waals surface area contributed by atoms with Crippen molar-refractivity contribution in [2.75, 3.05) is 0 Å². The molecule has 10 rings (SSSR count). The van der Waals surface area contributed by atoms with Gasteiger partial charge in [-0.2, -0.15) is 0 Å². The van der Waals surface area contributed by atoms with Gasteiger partial charge in [0.25, 0.3) is 5.56 Å². The van der Waals surface area contributed by atoms with Gasteiger partial charge in [0.1, 0.15) is 5.52 Å². The van der Waals surface area contributed by atoms with Crippen LogP contribution < -0.4 is 5.56 Å². The molecule has 0 aliphatic rings. The van der Waals surface area contributed by atoms with Crippen LogP contribution in [0.1, 0.15) is 0 Å². The molecular formula is C40H23N3O. The van der Waals surface area contributed by atoms with E-state index in [0.717, 1.165) is 54.9 Å². The predicted molar refractivity (Wildman–Crippen MR) is 183 cm³/mol. The second kappa shape index (κ2) is 8.52. The molecule has 0 unspecified atom stereocenters. The van der Waals surface area contributed by atoms with Crippen LogP contribution in [0.25, 0.3) is 87.3 Å². The molecule has 0 N–H and O–H groups in total. The molecule has 7 aromatic carbocycles. The van der Waals surface area contributed by atoms with Crippen molar-refractivity contribution in [3.8, 4) is 5.69 Å². The molecule has 0 aliphatic carbocycles. The van der Waals surface area contributed by atoms with Gasteiger partial charge in [-0.15, -0.1) is 0 Å². The maximum atomic E-state index is 14.7. The molecule has 4 heteroatoms. The molecule has 0 saturated heterocycles. The van der Waals surface area contributed by atoms with Crippen molar-refractivity contribution in [3.63, 3.8) is 0 Å². The van der Waals surface area contributed by atoms with E-state index in [9.17, 15) is 4.79 Å². The zero-order valence-electron chi connectivity index (χ0n) is 23.5. The van der Waals surface area contributed by atoms with E-state index in [1.165, 1.54) is 26.9 Å². The second-order valence-corrected chi connectivity index (χ2v) is 11.5. The number of pyridine rings is 2. The minimum Gasteiger partial charge on any atom is -0.290 e. The summed E-state index contributed by atoms with van der Waals surface area (Å²) >= 11 is 0. The number of rotatable bonds is 1. The summed E-state index contributed by atoms with van der Waals surface area (Å²) in [5.74, 6) is 0. The quantitative estimate of drug-likeness (QED) is 0.187. The molecule has 0 radical (unpaired) electrons. The van der Waals surface area contributed by atoms with Crippen molar-refractivity contribution in [1.29, 1.82) is 0 Å². The summed E-state index contributed by atoms with van der Waals surface area (Å²) in [6.07, 6.45) is 0. The fourth-order valence-electron chi connectivity index (χ4n) is 7.42. The van der Waals surface area contributed by atoms with Crippen LogP contribution in [0.3, 0.4) is 0 Å². The molecule has 4 nitrogen and oxygen atoms in total. The van der Waals surface area contributed by atoms with Crippen molar-refractivity contribution in [2.24, 2.45) is 0 Å². The van der Waals surface area contributed by atoms with Gasteiger partial charge in [0.2, 0.25) is 0 Å². The van der Waals surface area contributed by atoms with Gasteiger partial charge in [0.15, 0.2) is 5.65 Å². The largest absolute Gasteiger partial charge is 0.290 e. The summed E-state index contributed by atoms with van der Waals surface area (Å²) in [4.78, 5) is 19.9. The highest BCUT2D eigenvalue weighted by Crippen LogP contribution is 2.39. The summed E-state index contributed by atoms with van der Waals surface area (Å²) in [6.45, 7) is 0. The molecule has 0 amide bonds. The number of fused-ring (bicyclic) bond motifs is 16. The number of benzene rings is 7. The average molecular weight is 562 g/mol. The van der Waals surface area contributed by atoms with Gasteiger partial charge in [-0.05, 0) is 74.1 Å². The summed E-state index contributed by atoms with van der Waals surface area (Å²) in [5.41, 5.74) is 5.33. The monoisotopic (exact) mass is 561 g/mol. The third-order valence-electron chi connectivity index (χ3n) is 9.26. The van der Waals surface area contributed by atoms with E-state index < -0.39 is 0 Å². The van der Waals surface area contributed by atoms with E-state index >= 15 is 0 Å². The minimum atomic E-state index is -0.0539. The average Bonchev–Trinajstić information content (AvgIpc) is 3.48. The van der Waals surface area contributed by atoms with Crippen LogP contribution in [0.15, 0.2) is 144 Å². The van der Waals surface area contributed by atoms with Crippen LogP contribution in [0.4, 0.5) is 0 Å². The Morgan fingerprint density at radius 2 is 0.977 bits per heavy atom. The standard InChI is InChI=1S/C40H23N3O/c44-40-31-16-6-5-15-30(31)37-32-17-7-9-19-35(32)43-36-20-10-8-18-34(36)41-39(43)38(37)42(40)24-21-22-29-27-13-2-1-11-25(27)26-12-3-4-14-28(26)33(29)23-24/h1-23H. The molecule has 10 aromatic rings. The smallest absolute Gasteiger partial charge is 0.263 e. The van der Waals surface area contributed by atoms with Crippen molar-refractivity contribution in [3.05, 3.63) is 150 Å². The molecule has 0 aliphatic heterocycles. The minimum absolute atomic E-state index is 0.0539. The molecule has 0 atom stereocenters. The first-order valence-electron chi connectivity index (χ1n) is 14.9. The number of hydrogen-bond acceptors (Lipinski definition) is 2. The highest BCUT2D eigenvalue weighted by atomic mass is 16.1. The molecule has 0 fully saturated rings. The maximum absolute atomic E-state index is 14.7. The van der Waals surface area contributed by atoms with Gasteiger partial charge < -0.3 is 0 Å². The number of aromatic nitrogens is 3. The number of hydrogen-bond donors (Lipinski definition) is 0. The van der Waals surface area contributed by atoms with E-state index in [-0.39, 0.29) is 5.56 Å². The van der Waals surface area contributed by atoms with Gasteiger partial charge in [0.05, 0.1) is 22.2 Å². The maximum Gasteiger partial charge on any atom is 0.263 e. The Balaban J connectivity index is 1.47. The normalized spacial score (nSPS) is 12.2. The lowest BCUT2D eigenvalue weighted by Gasteiger charge is -2.18. The molecule has 204 valence electrons. The SMILES string of the molecule is O=c1c2ccccc2c2c3ccccc3n3c4ccccc4nc3c2n1-c1ccc2c3ccccc3c3ccccc3c2c1. The third kappa shape index (κ3) is 2.96. The van der Waals surface area contributed by atoms with Crippen LogP contribution >= 0.6 is 0 Å². The van der Waals surface area contributed by atoms with Gasteiger partial charge in [-0.3, -0.25) is 13.8 Å². The zero-order valence-corrected chi connectivity index (χ0v) is 23.5. The number of para-hydroxylation sites is 3. The van der Waals surface area contributed by atoms with Crippen LogP contribution in [-0.4, -0.2) is 14.0 Å². The Bertz CT molecular complexity index is 2880. The molecular weight excluding hydrogens is 538 g/mol. The van der Waals surface area contributed by atoms with Gasteiger partial charge >= 0.3 is 0 Å². The molecule has 0 spiro atoms. The first-order chi connectivity index (χ1) is 21.8. The van der Waals surface area contributed by atoms with Gasteiger partial charge in [-0.1, -0.05) is 103 Å². The zero-order chi connectivity index (χ0) is 28.9. The van der Waals surface area contributed by atoms with Crippen LogP contribution in [0, 0.1) is 0 Å². The first-order valence-corrected chi connectivity index (χ1v) is 14.9. The lowest BCUT2D eigenvalue weighted by atomic mass is 9.94. The number of nitrogens with zero attached hydrogens (tertiary/aromatic N) is 3. The van der Waals surface area contributed by atoms with Crippen molar-refractivity contribution < 1.29 is 0 Å². The number of imidazole rings is 1. The van der Waals surface area contributed by atoms with Crippen LogP contribution in [0.5, 0.6) is 0 Å². The molecule has 3 aromatic heterocycles. The predicted octanol–water partition coefficient (Wildman–Crippen LogP) is 9.56. The Morgan fingerprint density at radius 3 is 1.68 bits per heavy atom. The Morgan fingerprint density at radius 1 is 0.455 bits per heavy atom. The van der Waals surface area contributed by atoms with E-state index in [1.807, 2.05) is 41.0 Å². The van der Waals surface area contributed by atoms with Gasteiger partial charge in [-0.25, -0.2) is 4.98 Å². The molecule has 0 bridgehead atoms. The van der Waals surface area contributed by atoms with Crippen molar-refractivity contribution >= 4 is 81.6 Å². The summed E-state index contributed by atoms with van der Waals surface area (Å²) < 4.78 is 4.11. The Hall–Kier alpha value is -6.00. The fraction of sp³-hybridized carbons (Fsp3) is 0. The first kappa shape index (κ1) is 23.6. The van der Waals surface area contributed by atoms with E-state index in [1.54, 1.807) is 0 Å².